The lowest BCUT2D eigenvalue weighted by Crippen LogP contribution is -2.53. The predicted molar refractivity (Wildman–Crippen MR) is 80.5 cm³/mol. The molecule has 2 fully saturated rings. The molecule has 0 bridgehead atoms. The summed E-state index contributed by atoms with van der Waals surface area (Å²) < 4.78 is 0. The first-order chi connectivity index (χ1) is 8.66. The third kappa shape index (κ3) is 4.93. The van der Waals surface area contributed by atoms with Crippen LogP contribution in [0.4, 0.5) is 0 Å². The summed E-state index contributed by atoms with van der Waals surface area (Å²) in [4.78, 5) is 14.5. The van der Waals surface area contributed by atoms with Crippen molar-refractivity contribution in [3.63, 3.8) is 0 Å². The highest BCUT2D eigenvalue weighted by Gasteiger charge is 2.27. The number of hydrogen-bond acceptors (Lipinski definition) is 3. The van der Waals surface area contributed by atoms with E-state index in [-0.39, 0.29) is 30.4 Å². The maximum absolute atomic E-state index is 12.2. The van der Waals surface area contributed by atoms with Crippen molar-refractivity contribution >= 4 is 18.3 Å². The smallest absolute Gasteiger partial charge is 0.237 e. The van der Waals surface area contributed by atoms with Gasteiger partial charge in [-0.1, -0.05) is 19.3 Å². The molecule has 0 spiro atoms. The summed E-state index contributed by atoms with van der Waals surface area (Å²) in [6.07, 6.45) is 8.34. The number of halogens is 1. The van der Waals surface area contributed by atoms with Gasteiger partial charge >= 0.3 is 0 Å². The summed E-state index contributed by atoms with van der Waals surface area (Å²) in [6.45, 7) is 3.88. The van der Waals surface area contributed by atoms with Crippen molar-refractivity contribution in [1.29, 1.82) is 0 Å². The molecule has 1 heterocycles. The molecule has 2 aliphatic rings. The van der Waals surface area contributed by atoms with Crippen LogP contribution in [0.5, 0.6) is 0 Å². The molecule has 19 heavy (non-hydrogen) atoms. The summed E-state index contributed by atoms with van der Waals surface area (Å²) in [7, 11) is 0. The average molecular weight is 290 g/mol. The maximum Gasteiger partial charge on any atom is 0.237 e. The molecule has 1 aliphatic heterocycles. The van der Waals surface area contributed by atoms with Crippen molar-refractivity contribution in [3.8, 4) is 0 Å². The number of nitrogens with one attached hydrogen (secondary N) is 1. The molecule has 0 radical (unpaired) electrons. The standard InChI is InChI=1S/C14H27N3O.ClH/c1-11(17-9-5-6-12(15)10-17)14(18)16-13-7-3-2-4-8-13;/h11-13H,2-10,15H2,1H3,(H,16,18);1H/t11?,12-;/m1./s1. The number of hydrogen-bond donors (Lipinski definition) is 2. The van der Waals surface area contributed by atoms with Crippen LogP contribution in [0.2, 0.25) is 0 Å². The van der Waals surface area contributed by atoms with Gasteiger partial charge in [0.1, 0.15) is 0 Å². The number of nitrogens with two attached hydrogens (primary N) is 1. The highest BCUT2D eigenvalue weighted by molar-refractivity contribution is 5.85. The molecule has 1 amide bonds. The van der Waals surface area contributed by atoms with E-state index in [1.807, 2.05) is 6.92 Å². The van der Waals surface area contributed by atoms with Gasteiger partial charge in [-0.15, -0.1) is 12.4 Å². The minimum Gasteiger partial charge on any atom is -0.352 e. The van der Waals surface area contributed by atoms with Gasteiger partial charge in [0.25, 0.3) is 0 Å². The first-order valence-corrected chi connectivity index (χ1v) is 7.47. The Morgan fingerprint density at radius 3 is 2.53 bits per heavy atom. The fraction of sp³-hybridized carbons (Fsp3) is 0.929. The number of amides is 1. The highest BCUT2D eigenvalue weighted by Crippen LogP contribution is 2.18. The Hall–Kier alpha value is -0.320. The fourth-order valence-corrected chi connectivity index (χ4v) is 3.13. The van der Waals surface area contributed by atoms with Gasteiger partial charge in [-0.25, -0.2) is 0 Å². The zero-order valence-corrected chi connectivity index (χ0v) is 12.8. The number of nitrogens with zero attached hydrogens (tertiary/aromatic N) is 1. The third-order valence-electron chi connectivity index (χ3n) is 4.37. The molecule has 0 aromatic heterocycles. The number of carbonyl (C=O) groups excluding carboxylic acids is 1. The highest BCUT2D eigenvalue weighted by atomic mass is 35.5. The van der Waals surface area contributed by atoms with Crippen LogP contribution < -0.4 is 11.1 Å². The number of piperidine rings is 1. The lowest BCUT2D eigenvalue weighted by molar-refractivity contribution is -0.127. The minimum absolute atomic E-state index is 0. The first kappa shape index (κ1) is 16.7. The van der Waals surface area contributed by atoms with Crippen LogP contribution >= 0.6 is 12.4 Å². The van der Waals surface area contributed by atoms with Gasteiger partial charge in [0.15, 0.2) is 0 Å². The van der Waals surface area contributed by atoms with E-state index < -0.39 is 0 Å². The summed E-state index contributed by atoms with van der Waals surface area (Å²) >= 11 is 0. The Kier molecular flexibility index (Phi) is 7.11. The van der Waals surface area contributed by atoms with E-state index in [4.69, 9.17) is 5.73 Å². The Morgan fingerprint density at radius 2 is 1.89 bits per heavy atom. The topological polar surface area (TPSA) is 58.4 Å². The Balaban J connectivity index is 0.00000180. The van der Waals surface area contributed by atoms with E-state index in [0.29, 0.717) is 6.04 Å². The van der Waals surface area contributed by atoms with Crippen molar-refractivity contribution < 1.29 is 4.79 Å². The SMILES string of the molecule is CC(C(=O)NC1CCCCC1)N1CCC[C@@H](N)C1.Cl. The van der Waals surface area contributed by atoms with Crippen molar-refractivity contribution in [2.24, 2.45) is 5.73 Å². The molecular weight excluding hydrogens is 262 g/mol. The number of rotatable bonds is 3. The van der Waals surface area contributed by atoms with Crippen molar-refractivity contribution in [2.75, 3.05) is 13.1 Å². The second-order valence-electron chi connectivity index (χ2n) is 5.92. The zero-order chi connectivity index (χ0) is 13.0. The van der Waals surface area contributed by atoms with Gasteiger partial charge < -0.3 is 11.1 Å². The first-order valence-electron chi connectivity index (χ1n) is 7.47. The van der Waals surface area contributed by atoms with Crippen molar-refractivity contribution in [3.05, 3.63) is 0 Å². The molecule has 1 saturated carbocycles. The van der Waals surface area contributed by atoms with Crippen LogP contribution in [0.15, 0.2) is 0 Å². The van der Waals surface area contributed by atoms with Crippen LogP contribution in [0.1, 0.15) is 51.9 Å². The molecule has 3 N–H and O–H groups in total. The average Bonchev–Trinajstić information content (AvgIpc) is 2.39. The van der Waals surface area contributed by atoms with Crippen LogP contribution in [-0.2, 0) is 4.79 Å². The second kappa shape index (κ2) is 8.08. The van der Waals surface area contributed by atoms with Crippen LogP contribution in [-0.4, -0.2) is 42.0 Å². The van der Waals surface area contributed by atoms with Crippen LogP contribution in [0.3, 0.4) is 0 Å². The molecule has 0 aromatic rings. The predicted octanol–water partition coefficient (Wildman–Crippen LogP) is 1.67. The molecule has 1 aliphatic carbocycles. The molecular formula is C14H28ClN3O. The van der Waals surface area contributed by atoms with E-state index in [9.17, 15) is 4.79 Å². The summed E-state index contributed by atoms with van der Waals surface area (Å²) in [5.41, 5.74) is 5.97. The van der Waals surface area contributed by atoms with Gasteiger partial charge in [-0.05, 0) is 39.2 Å². The van der Waals surface area contributed by atoms with Gasteiger partial charge in [-0.2, -0.15) is 0 Å². The summed E-state index contributed by atoms with van der Waals surface area (Å²) in [6, 6.07) is 0.620. The molecule has 2 atom stereocenters. The van der Waals surface area contributed by atoms with E-state index in [2.05, 4.69) is 10.2 Å². The van der Waals surface area contributed by atoms with Gasteiger partial charge in [0.2, 0.25) is 5.91 Å². The van der Waals surface area contributed by atoms with Crippen LogP contribution in [0, 0.1) is 0 Å². The normalized spacial score (nSPS) is 27.4. The summed E-state index contributed by atoms with van der Waals surface area (Å²) in [5, 5.41) is 3.21. The largest absolute Gasteiger partial charge is 0.352 e. The van der Waals surface area contributed by atoms with Crippen molar-refractivity contribution in [2.45, 2.75) is 70.0 Å². The maximum atomic E-state index is 12.2. The van der Waals surface area contributed by atoms with E-state index in [1.54, 1.807) is 0 Å². The van der Waals surface area contributed by atoms with Gasteiger partial charge in [0, 0.05) is 18.6 Å². The quantitative estimate of drug-likeness (QED) is 0.831. The molecule has 4 nitrogen and oxygen atoms in total. The lowest BCUT2D eigenvalue weighted by Gasteiger charge is -2.35. The summed E-state index contributed by atoms with van der Waals surface area (Å²) in [5.74, 6) is 0.191. The van der Waals surface area contributed by atoms with E-state index in [1.165, 1.54) is 19.3 Å². The van der Waals surface area contributed by atoms with E-state index in [0.717, 1.165) is 38.8 Å². The van der Waals surface area contributed by atoms with Gasteiger partial charge in [-0.3, -0.25) is 9.69 Å². The van der Waals surface area contributed by atoms with Crippen molar-refractivity contribution in [1.82, 2.24) is 10.2 Å². The molecule has 1 unspecified atom stereocenters. The monoisotopic (exact) mass is 289 g/mol. The third-order valence-corrected chi connectivity index (χ3v) is 4.37. The Bertz CT molecular complexity index is 282. The molecule has 5 heteroatoms. The number of likely N-dealkylation sites (tertiary alicyclic amines) is 1. The fourth-order valence-electron chi connectivity index (χ4n) is 3.13. The second-order valence-corrected chi connectivity index (χ2v) is 5.92. The zero-order valence-electron chi connectivity index (χ0n) is 11.9. The minimum atomic E-state index is -0.0294. The van der Waals surface area contributed by atoms with Gasteiger partial charge in [0.05, 0.1) is 6.04 Å². The molecule has 2 rings (SSSR count). The molecule has 112 valence electrons. The van der Waals surface area contributed by atoms with Crippen LogP contribution in [0.25, 0.3) is 0 Å². The Labute approximate surface area is 122 Å². The Morgan fingerprint density at radius 1 is 1.21 bits per heavy atom. The lowest BCUT2D eigenvalue weighted by atomic mass is 9.95. The number of carbonyl (C=O) groups is 1. The van der Waals surface area contributed by atoms with E-state index >= 15 is 0 Å². The molecule has 1 saturated heterocycles. The molecule has 0 aromatic carbocycles.